The van der Waals surface area contributed by atoms with Crippen LogP contribution in [0.15, 0.2) is 28.8 Å². The van der Waals surface area contributed by atoms with E-state index in [1.54, 1.807) is 12.1 Å². The lowest BCUT2D eigenvalue weighted by Gasteiger charge is -2.06. The quantitative estimate of drug-likeness (QED) is 0.746. The lowest BCUT2D eigenvalue weighted by atomic mass is 10.1. The summed E-state index contributed by atoms with van der Waals surface area (Å²) in [6, 6.07) is 5.95. The van der Waals surface area contributed by atoms with Crippen molar-refractivity contribution in [2.24, 2.45) is 0 Å². The SMILES string of the molecule is O=C(NCc1ccc(C(=O)O)cc1)NCc1noc(C2CC2)n1. The number of aromatic carboxylic acids is 1. The summed E-state index contributed by atoms with van der Waals surface area (Å²) in [5, 5.41) is 17.9. The molecule has 1 aliphatic carbocycles. The van der Waals surface area contributed by atoms with Gasteiger partial charge in [-0.15, -0.1) is 0 Å². The smallest absolute Gasteiger partial charge is 0.335 e. The Morgan fingerprint density at radius 3 is 2.52 bits per heavy atom. The molecule has 0 unspecified atom stereocenters. The predicted molar refractivity (Wildman–Crippen MR) is 78.7 cm³/mol. The normalized spacial score (nSPS) is 13.6. The van der Waals surface area contributed by atoms with Gasteiger partial charge in [0.1, 0.15) is 0 Å². The fraction of sp³-hybridized carbons (Fsp3) is 0.333. The van der Waals surface area contributed by atoms with Crippen molar-refractivity contribution < 1.29 is 19.2 Å². The molecule has 0 aliphatic heterocycles. The number of rotatable bonds is 6. The number of carbonyl (C=O) groups excluding carboxylic acids is 1. The zero-order valence-corrected chi connectivity index (χ0v) is 12.3. The van der Waals surface area contributed by atoms with Crippen LogP contribution in [0.5, 0.6) is 0 Å². The number of aromatic nitrogens is 2. The molecule has 1 saturated carbocycles. The van der Waals surface area contributed by atoms with Crippen LogP contribution in [0.2, 0.25) is 0 Å². The van der Waals surface area contributed by atoms with E-state index in [4.69, 9.17) is 9.63 Å². The number of nitrogens with zero attached hydrogens (tertiary/aromatic N) is 2. The maximum atomic E-state index is 11.7. The molecule has 2 aromatic rings. The van der Waals surface area contributed by atoms with Gasteiger partial charge in [0, 0.05) is 12.5 Å². The molecule has 0 radical (unpaired) electrons. The van der Waals surface area contributed by atoms with Crippen LogP contribution in [0.4, 0.5) is 4.79 Å². The van der Waals surface area contributed by atoms with Gasteiger partial charge in [-0.25, -0.2) is 9.59 Å². The molecular weight excluding hydrogens is 300 g/mol. The number of urea groups is 1. The Labute approximate surface area is 131 Å². The molecule has 0 bridgehead atoms. The number of nitrogens with one attached hydrogen (secondary N) is 2. The Bertz CT molecular complexity index is 707. The van der Waals surface area contributed by atoms with Crippen LogP contribution >= 0.6 is 0 Å². The number of carbonyl (C=O) groups is 2. The van der Waals surface area contributed by atoms with Gasteiger partial charge in [-0.3, -0.25) is 0 Å². The van der Waals surface area contributed by atoms with Crippen molar-refractivity contribution in [2.75, 3.05) is 0 Å². The minimum absolute atomic E-state index is 0.194. The molecular formula is C15H16N4O4. The molecule has 23 heavy (non-hydrogen) atoms. The fourth-order valence-electron chi connectivity index (χ4n) is 2.00. The van der Waals surface area contributed by atoms with Crippen LogP contribution in [-0.4, -0.2) is 27.2 Å². The van der Waals surface area contributed by atoms with Gasteiger partial charge in [-0.2, -0.15) is 4.98 Å². The molecule has 1 aliphatic rings. The van der Waals surface area contributed by atoms with Crippen LogP contribution in [0, 0.1) is 0 Å². The van der Waals surface area contributed by atoms with E-state index in [1.165, 1.54) is 12.1 Å². The largest absolute Gasteiger partial charge is 0.478 e. The number of benzene rings is 1. The fourth-order valence-corrected chi connectivity index (χ4v) is 2.00. The van der Waals surface area contributed by atoms with E-state index in [2.05, 4.69) is 20.8 Å². The molecule has 2 amide bonds. The molecule has 0 saturated heterocycles. The van der Waals surface area contributed by atoms with Crippen molar-refractivity contribution in [3.63, 3.8) is 0 Å². The van der Waals surface area contributed by atoms with E-state index < -0.39 is 5.97 Å². The molecule has 3 rings (SSSR count). The molecule has 120 valence electrons. The van der Waals surface area contributed by atoms with Crippen LogP contribution in [0.25, 0.3) is 0 Å². The molecule has 3 N–H and O–H groups in total. The zero-order chi connectivity index (χ0) is 16.2. The maximum Gasteiger partial charge on any atom is 0.335 e. The third-order valence-corrected chi connectivity index (χ3v) is 3.47. The lowest BCUT2D eigenvalue weighted by molar-refractivity contribution is 0.0697. The van der Waals surface area contributed by atoms with Gasteiger partial charge in [0.15, 0.2) is 5.82 Å². The molecule has 8 heteroatoms. The minimum atomic E-state index is -0.979. The van der Waals surface area contributed by atoms with E-state index in [-0.39, 0.29) is 18.1 Å². The lowest BCUT2D eigenvalue weighted by Crippen LogP contribution is -2.34. The highest BCUT2D eigenvalue weighted by Gasteiger charge is 2.29. The predicted octanol–water partition coefficient (Wildman–Crippen LogP) is 1.64. The summed E-state index contributed by atoms with van der Waals surface area (Å²) < 4.78 is 5.10. The van der Waals surface area contributed by atoms with Gasteiger partial charge in [0.05, 0.1) is 12.1 Å². The summed E-state index contributed by atoms with van der Waals surface area (Å²) in [5.41, 5.74) is 1.02. The van der Waals surface area contributed by atoms with Gasteiger partial charge in [0.2, 0.25) is 5.89 Å². The Hall–Kier alpha value is -2.90. The number of carboxylic acid groups (broad SMARTS) is 1. The van der Waals surface area contributed by atoms with Gasteiger partial charge >= 0.3 is 12.0 Å². The van der Waals surface area contributed by atoms with Crippen LogP contribution < -0.4 is 10.6 Å². The summed E-state index contributed by atoms with van der Waals surface area (Å²) in [6.45, 7) is 0.491. The summed E-state index contributed by atoms with van der Waals surface area (Å²) in [4.78, 5) is 26.7. The van der Waals surface area contributed by atoms with E-state index >= 15 is 0 Å². The second kappa shape index (κ2) is 6.47. The number of amides is 2. The van der Waals surface area contributed by atoms with Crippen molar-refractivity contribution >= 4 is 12.0 Å². The van der Waals surface area contributed by atoms with E-state index in [9.17, 15) is 9.59 Å². The zero-order valence-electron chi connectivity index (χ0n) is 12.3. The number of hydrogen-bond acceptors (Lipinski definition) is 5. The molecule has 1 aromatic carbocycles. The Morgan fingerprint density at radius 2 is 1.87 bits per heavy atom. The summed E-state index contributed by atoms with van der Waals surface area (Å²) in [6.07, 6.45) is 2.16. The maximum absolute atomic E-state index is 11.7. The first-order valence-corrected chi connectivity index (χ1v) is 7.28. The second-order valence-electron chi connectivity index (χ2n) is 5.36. The third kappa shape index (κ3) is 4.06. The van der Waals surface area contributed by atoms with Crippen molar-refractivity contribution in [1.82, 2.24) is 20.8 Å². The monoisotopic (exact) mass is 316 g/mol. The third-order valence-electron chi connectivity index (χ3n) is 3.47. The highest BCUT2D eigenvalue weighted by Crippen LogP contribution is 2.38. The average Bonchev–Trinajstić information content (AvgIpc) is 3.30. The molecule has 1 heterocycles. The number of carboxylic acids is 1. The topological polar surface area (TPSA) is 117 Å². The highest BCUT2D eigenvalue weighted by atomic mass is 16.5. The molecule has 0 spiro atoms. The molecule has 1 fully saturated rings. The first-order valence-electron chi connectivity index (χ1n) is 7.28. The van der Waals surface area contributed by atoms with Crippen molar-refractivity contribution in [2.45, 2.75) is 31.8 Å². The van der Waals surface area contributed by atoms with Crippen molar-refractivity contribution in [3.8, 4) is 0 Å². The Kier molecular flexibility index (Phi) is 4.22. The Balaban J connectivity index is 1.42. The van der Waals surface area contributed by atoms with Gasteiger partial charge in [-0.1, -0.05) is 17.3 Å². The van der Waals surface area contributed by atoms with E-state index in [0.29, 0.717) is 24.2 Å². The number of hydrogen-bond donors (Lipinski definition) is 3. The van der Waals surface area contributed by atoms with Crippen LogP contribution in [0.1, 0.15) is 46.4 Å². The summed E-state index contributed by atoms with van der Waals surface area (Å²) in [5.74, 6) is 0.500. The van der Waals surface area contributed by atoms with E-state index in [1.807, 2.05) is 0 Å². The van der Waals surface area contributed by atoms with Gasteiger partial charge in [0.25, 0.3) is 0 Å². The van der Waals surface area contributed by atoms with E-state index in [0.717, 1.165) is 18.4 Å². The van der Waals surface area contributed by atoms with Crippen LogP contribution in [-0.2, 0) is 13.1 Å². The highest BCUT2D eigenvalue weighted by molar-refractivity contribution is 5.87. The van der Waals surface area contributed by atoms with Gasteiger partial charge in [-0.05, 0) is 30.5 Å². The minimum Gasteiger partial charge on any atom is -0.478 e. The summed E-state index contributed by atoms with van der Waals surface area (Å²) >= 11 is 0. The average molecular weight is 316 g/mol. The summed E-state index contributed by atoms with van der Waals surface area (Å²) in [7, 11) is 0. The Morgan fingerprint density at radius 1 is 1.17 bits per heavy atom. The first kappa shape index (κ1) is 15.0. The van der Waals surface area contributed by atoms with Gasteiger partial charge < -0.3 is 20.3 Å². The van der Waals surface area contributed by atoms with Crippen molar-refractivity contribution in [1.29, 1.82) is 0 Å². The van der Waals surface area contributed by atoms with Crippen LogP contribution in [0.3, 0.4) is 0 Å². The molecule has 0 atom stereocenters. The standard InChI is InChI=1S/C15H16N4O4/c20-14(21)11-3-1-9(2-4-11)7-16-15(22)17-8-12-18-13(23-19-12)10-5-6-10/h1-4,10H,5-8H2,(H,20,21)(H2,16,17,22). The first-order chi connectivity index (χ1) is 11.1. The van der Waals surface area contributed by atoms with Crippen molar-refractivity contribution in [3.05, 3.63) is 47.1 Å². The second-order valence-corrected chi connectivity index (χ2v) is 5.36. The molecule has 1 aromatic heterocycles. The molecule has 8 nitrogen and oxygen atoms in total.